The first-order valence-corrected chi connectivity index (χ1v) is 11.4. The molecule has 1 N–H and O–H groups in total. The molecule has 2 fully saturated rings. The van der Waals surface area contributed by atoms with Gasteiger partial charge < -0.3 is 19.2 Å². The number of likely N-dealkylation sites (tertiary alicyclic amines) is 1. The fourth-order valence-corrected chi connectivity index (χ4v) is 4.75. The maximum absolute atomic E-state index is 13.0. The molecule has 0 spiro atoms. The molecule has 2 saturated heterocycles. The molecule has 0 bridgehead atoms. The molecule has 0 atom stereocenters. The second kappa shape index (κ2) is 8.78. The number of fused-ring (bicyclic) bond motifs is 1. The number of furan rings is 1. The van der Waals surface area contributed by atoms with E-state index in [9.17, 15) is 9.59 Å². The highest BCUT2D eigenvalue weighted by atomic mass is 16.3. The fourth-order valence-electron chi connectivity index (χ4n) is 4.75. The normalized spacial score (nSPS) is 18.4. The maximum atomic E-state index is 13.0. The van der Waals surface area contributed by atoms with Crippen molar-refractivity contribution in [2.24, 2.45) is 5.92 Å². The first kappa shape index (κ1) is 20.8. The first-order chi connectivity index (χ1) is 15.6. The lowest BCUT2D eigenvalue weighted by Gasteiger charge is -2.38. The van der Waals surface area contributed by atoms with Gasteiger partial charge in [0.2, 0.25) is 5.91 Å². The number of aromatic amines is 1. The van der Waals surface area contributed by atoms with E-state index in [1.165, 1.54) is 11.8 Å². The van der Waals surface area contributed by atoms with Gasteiger partial charge in [0.15, 0.2) is 5.76 Å². The average molecular weight is 436 g/mol. The summed E-state index contributed by atoms with van der Waals surface area (Å²) in [6, 6.07) is 9.65. The number of piperidine rings is 1. The summed E-state index contributed by atoms with van der Waals surface area (Å²) in [4.78, 5) is 39.6. The Kier molecular flexibility index (Phi) is 5.70. The highest BCUT2D eigenvalue weighted by Gasteiger charge is 2.32. The lowest BCUT2D eigenvalue weighted by molar-refractivity contribution is -0.138. The summed E-state index contributed by atoms with van der Waals surface area (Å²) in [7, 11) is 0. The van der Waals surface area contributed by atoms with Crippen molar-refractivity contribution in [3.63, 3.8) is 0 Å². The second-order valence-corrected chi connectivity index (χ2v) is 8.85. The molecule has 0 saturated carbocycles. The van der Waals surface area contributed by atoms with Crippen LogP contribution in [0.4, 0.5) is 0 Å². The molecule has 0 unspecified atom stereocenters. The Balaban J connectivity index is 1.10. The number of carbonyl (C=O) groups excluding carboxylic acids is 2. The van der Waals surface area contributed by atoms with Crippen LogP contribution in [0, 0.1) is 12.8 Å². The van der Waals surface area contributed by atoms with E-state index in [0.29, 0.717) is 31.9 Å². The van der Waals surface area contributed by atoms with Crippen LogP contribution in [0.25, 0.3) is 11.0 Å². The average Bonchev–Trinajstić information content (AvgIpc) is 3.48. The topological polar surface area (TPSA) is 85.7 Å². The Bertz CT molecular complexity index is 1090. The SMILES string of the molecule is Cc1ccc2nc(CN3CCC(C(=O)N4CCN(C(=O)c5ccco5)CC4)CC3)[nH]c2c1. The molecule has 3 aromatic rings. The molecular formula is C24H29N5O3. The third-order valence-electron chi connectivity index (χ3n) is 6.61. The summed E-state index contributed by atoms with van der Waals surface area (Å²) >= 11 is 0. The Morgan fingerprint density at radius 3 is 2.53 bits per heavy atom. The van der Waals surface area contributed by atoms with Crippen LogP contribution < -0.4 is 0 Å². The van der Waals surface area contributed by atoms with Crippen LogP contribution in [-0.2, 0) is 11.3 Å². The van der Waals surface area contributed by atoms with E-state index in [2.05, 4.69) is 35.0 Å². The van der Waals surface area contributed by atoms with Crippen molar-refractivity contribution >= 4 is 22.8 Å². The van der Waals surface area contributed by atoms with Crippen LogP contribution in [0.3, 0.4) is 0 Å². The number of amides is 2. The van der Waals surface area contributed by atoms with Gasteiger partial charge in [-0.05, 0) is 62.7 Å². The number of hydrogen-bond donors (Lipinski definition) is 1. The fraction of sp³-hybridized carbons (Fsp3) is 0.458. The van der Waals surface area contributed by atoms with Gasteiger partial charge in [0.1, 0.15) is 5.82 Å². The molecule has 2 aliphatic heterocycles. The molecule has 2 aromatic heterocycles. The summed E-state index contributed by atoms with van der Waals surface area (Å²) in [5.74, 6) is 1.53. The summed E-state index contributed by atoms with van der Waals surface area (Å²) in [5.41, 5.74) is 3.30. The van der Waals surface area contributed by atoms with E-state index in [4.69, 9.17) is 9.40 Å². The maximum Gasteiger partial charge on any atom is 0.289 e. The number of aryl methyl sites for hydroxylation is 1. The van der Waals surface area contributed by atoms with Crippen LogP contribution in [0.2, 0.25) is 0 Å². The standard InChI is InChI=1S/C24H29N5O3/c1-17-4-5-19-20(15-17)26-22(25-19)16-27-8-6-18(7-9-27)23(30)28-10-12-29(13-11-28)24(31)21-3-2-14-32-21/h2-5,14-15,18H,6-13,16H2,1H3,(H,25,26). The minimum Gasteiger partial charge on any atom is -0.459 e. The van der Waals surface area contributed by atoms with Crippen molar-refractivity contribution in [2.75, 3.05) is 39.3 Å². The number of nitrogens with zero attached hydrogens (tertiary/aromatic N) is 4. The monoisotopic (exact) mass is 435 g/mol. The van der Waals surface area contributed by atoms with Gasteiger partial charge in [-0.15, -0.1) is 0 Å². The number of aromatic nitrogens is 2. The van der Waals surface area contributed by atoms with E-state index in [0.717, 1.165) is 49.3 Å². The Morgan fingerprint density at radius 2 is 1.81 bits per heavy atom. The molecule has 168 valence electrons. The van der Waals surface area contributed by atoms with Gasteiger partial charge in [-0.3, -0.25) is 14.5 Å². The Hall–Kier alpha value is -3.13. The van der Waals surface area contributed by atoms with Crippen molar-refractivity contribution in [1.82, 2.24) is 24.7 Å². The summed E-state index contributed by atoms with van der Waals surface area (Å²) in [6.07, 6.45) is 3.24. The van der Waals surface area contributed by atoms with Crippen molar-refractivity contribution in [1.29, 1.82) is 0 Å². The van der Waals surface area contributed by atoms with E-state index >= 15 is 0 Å². The number of piperazine rings is 1. The lowest BCUT2D eigenvalue weighted by Crippen LogP contribution is -2.52. The number of carbonyl (C=O) groups is 2. The predicted molar refractivity (Wildman–Crippen MR) is 120 cm³/mol. The predicted octanol–water partition coefficient (Wildman–Crippen LogP) is 2.66. The van der Waals surface area contributed by atoms with E-state index in [-0.39, 0.29) is 17.7 Å². The summed E-state index contributed by atoms with van der Waals surface area (Å²) in [6.45, 7) is 6.92. The minimum absolute atomic E-state index is 0.0666. The molecule has 0 aliphatic carbocycles. The lowest BCUT2D eigenvalue weighted by atomic mass is 9.95. The number of benzene rings is 1. The van der Waals surface area contributed by atoms with Crippen LogP contribution in [0.15, 0.2) is 41.0 Å². The molecule has 8 heteroatoms. The largest absolute Gasteiger partial charge is 0.459 e. The molecule has 4 heterocycles. The zero-order valence-electron chi connectivity index (χ0n) is 18.4. The van der Waals surface area contributed by atoms with Gasteiger partial charge in [-0.2, -0.15) is 0 Å². The third kappa shape index (κ3) is 4.27. The molecule has 32 heavy (non-hydrogen) atoms. The van der Waals surface area contributed by atoms with Gasteiger partial charge in [-0.1, -0.05) is 6.07 Å². The van der Waals surface area contributed by atoms with Crippen molar-refractivity contribution in [3.8, 4) is 0 Å². The number of hydrogen-bond acceptors (Lipinski definition) is 5. The van der Waals surface area contributed by atoms with Crippen molar-refractivity contribution in [2.45, 2.75) is 26.3 Å². The molecule has 1 aromatic carbocycles. The van der Waals surface area contributed by atoms with E-state index in [1.807, 2.05) is 4.90 Å². The van der Waals surface area contributed by atoms with Crippen LogP contribution in [0.1, 0.15) is 34.8 Å². The molecular weight excluding hydrogens is 406 g/mol. The molecule has 2 amide bonds. The third-order valence-corrected chi connectivity index (χ3v) is 6.61. The highest BCUT2D eigenvalue weighted by molar-refractivity contribution is 5.91. The number of H-pyrrole nitrogens is 1. The van der Waals surface area contributed by atoms with E-state index in [1.54, 1.807) is 17.0 Å². The quantitative estimate of drug-likeness (QED) is 0.681. The zero-order chi connectivity index (χ0) is 22.1. The zero-order valence-corrected chi connectivity index (χ0v) is 18.4. The highest BCUT2D eigenvalue weighted by Crippen LogP contribution is 2.23. The second-order valence-electron chi connectivity index (χ2n) is 8.85. The van der Waals surface area contributed by atoms with Crippen molar-refractivity contribution < 1.29 is 14.0 Å². The van der Waals surface area contributed by atoms with Gasteiger partial charge in [0.05, 0.1) is 23.8 Å². The van der Waals surface area contributed by atoms with Gasteiger partial charge in [-0.25, -0.2) is 4.98 Å². The van der Waals surface area contributed by atoms with Gasteiger partial charge >= 0.3 is 0 Å². The molecule has 5 rings (SSSR count). The smallest absolute Gasteiger partial charge is 0.289 e. The van der Waals surface area contributed by atoms with E-state index < -0.39 is 0 Å². The van der Waals surface area contributed by atoms with Crippen molar-refractivity contribution in [3.05, 3.63) is 53.7 Å². The molecule has 2 aliphatic rings. The van der Waals surface area contributed by atoms with Crippen LogP contribution in [0.5, 0.6) is 0 Å². The summed E-state index contributed by atoms with van der Waals surface area (Å²) in [5, 5.41) is 0. The minimum atomic E-state index is -0.101. The van der Waals surface area contributed by atoms with Gasteiger partial charge in [0, 0.05) is 32.1 Å². The Labute approximate surface area is 187 Å². The van der Waals surface area contributed by atoms with Crippen LogP contribution in [-0.4, -0.2) is 75.8 Å². The van der Waals surface area contributed by atoms with Crippen LogP contribution >= 0.6 is 0 Å². The Morgan fingerprint density at radius 1 is 1.06 bits per heavy atom. The number of rotatable bonds is 4. The first-order valence-electron chi connectivity index (χ1n) is 11.4. The molecule has 8 nitrogen and oxygen atoms in total. The molecule has 0 radical (unpaired) electrons. The summed E-state index contributed by atoms with van der Waals surface area (Å²) < 4.78 is 5.21. The number of nitrogens with one attached hydrogen (secondary N) is 1. The van der Waals surface area contributed by atoms with Gasteiger partial charge in [0.25, 0.3) is 5.91 Å². The number of imidazole rings is 1.